The summed E-state index contributed by atoms with van der Waals surface area (Å²) in [6.45, 7) is 4.77. The molecule has 1 nitrogen and oxygen atoms in total. The van der Waals surface area contributed by atoms with Crippen LogP contribution in [0.5, 0.6) is 0 Å². The Labute approximate surface area is 90.1 Å². The first-order valence-corrected chi connectivity index (χ1v) is 6.44. The van der Waals surface area contributed by atoms with Crippen molar-refractivity contribution in [1.82, 2.24) is 0 Å². The van der Waals surface area contributed by atoms with Gasteiger partial charge in [-0.1, -0.05) is 55.7 Å². The smallest absolute Gasteiger partial charge is 0.0494 e. The van der Waals surface area contributed by atoms with Crippen LogP contribution in [0.1, 0.15) is 46.0 Å². The molecule has 0 aromatic heterocycles. The fourth-order valence-electron chi connectivity index (χ4n) is 1.54. The molecular formula is C10H21IO. The number of alkyl halides is 1. The Kier molecular flexibility index (Phi) is 7.54. The van der Waals surface area contributed by atoms with Gasteiger partial charge in [0, 0.05) is 16.4 Å². The second-order valence-electron chi connectivity index (χ2n) is 3.65. The summed E-state index contributed by atoms with van der Waals surface area (Å²) >= 11 is 2.41. The summed E-state index contributed by atoms with van der Waals surface area (Å²) in [5.74, 6) is 0. The van der Waals surface area contributed by atoms with Crippen LogP contribution in [0.4, 0.5) is 0 Å². The highest BCUT2D eigenvalue weighted by atomic mass is 127. The molecule has 0 spiro atoms. The number of aliphatic hydroxyl groups excluding tert-OH is 1. The molecule has 12 heavy (non-hydrogen) atoms. The Morgan fingerprint density at radius 2 is 1.83 bits per heavy atom. The van der Waals surface area contributed by atoms with Crippen LogP contribution in [0, 0.1) is 5.41 Å². The number of aliphatic hydroxyl groups is 1. The molecular weight excluding hydrogens is 263 g/mol. The van der Waals surface area contributed by atoms with Gasteiger partial charge >= 0.3 is 0 Å². The summed E-state index contributed by atoms with van der Waals surface area (Å²) in [7, 11) is 0. The van der Waals surface area contributed by atoms with Gasteiger partial charge in [-0.3, -0.25) is 0 Å². The van der Waals surface area contributed by atoms with Crippen LogP contribution in [0.2, 0.25) is 0 Å². The molecule has 74 valence electrons. The lowest BCUT2D eigenvalue weighted by molar-refractivity contribution is 0.127. The summed E-state index contributed by atoms with van der Waals surface area (Å²) in [6.07, 6.45) is 6.04. The van der Waals surface area contributed by atoms with Crippen molar-refractivity contribution in [2.24, 2.45) is 5.41 Å². The van der Waals surface area contributed by atoms with Crippen molar-refractivity contribution >= 4 is 22.6 Å². The first-order valence-electron chi connectivity index (χ1n) is 4.91. The van der Waals surface area contributed by atoms with Crippen LogP contribution in [0.3, 0.4) is 0 Å². The maximum absolute atomic E-state index is 9.33. The molecule has 1 unspecified atom stereocenters. The minimum atomic E-state index is 0.228. The minimum Gasteiger partial charge on any atom is -0.396 e. The number of unbranched alkanes of at least 4 members (excludes halogenated alkanes) is 1. The van der Waals surface area contributed by atoms with Gasteiger partial charge < -0.3 is 5.11 Å². The van der Waals surface area contributed by atoms with E-state index >= 15 is 0 Å². The normalized spacial score (nSPS) is 16.0. The molecule has 0 aliphatic carbocycles. The van der Waals surface area contributed by atoms with Gasteiger partial charge in [0.05, 0.1) is 0 Å². The van der Waals surface area contributed by atoms with Gasteiger partial charge in [-0.25, -0.2) is 0 Å². The summed E-state index contributed by atoms with van der Waals surface area (Å²) in [4.78, 5) is 0. The lowest BCUT2D eigenvalue weighted by Gasteiger charge is -2.29. The van der Waals surface area contributed by atoms with E-state index in [-0.39, 0.29) is 5.41 Å². The van der Waals surface area contributed by atoms with E-state index in [4.69, 9.17) is 0 Å². The maximum atomic E-state index is 9.33. The largest absolute Gasteiger partial charge is 0.396 e. The summed E-state index contributed by atoms with van der Waals surface area (Å²) in [6, 6.07) is 0. The first kappa shape index (κ1) is 12.7. The molecule has 0 saturated heterocycles. The number of halogens is 1. The van der Waals surface area contributed by atoms with Crippen LogP contribution < -0.4 is 0 Å². The fraction of sp³-hybridized carbons (Fsp3) is 1.00. The number of hydrogen-bond acceptors (Lipinski definition) is 1. The van der Waals surface area contributed by atoms with Gasteiger partial charge in [0.25, 0.3) is 0 Å². The topological polar surface area (TPSA) is 20.2 Å². The van der Waals surface area contributed by atoms with Gasteiger partial charge in [-0.2, -0.15) is 0 Å². The SMILES string of the molecule is CCCCC(CO)(CI)CCC. The Bertz CT molecular complexity index is 100. The molecule has 0 radical (unpaired) electrons. The Morgan fingerprint density at radius 1 is 1.17 bits per heavy atom. The van der Waals surface area contributed by atoms with Gasteiger partial charge in [0.1, 0.15) is 0 Å². The van der Waals surface area contributed by atoms with Crippen molar-refractivity contribution in [3.63, 3.8) is 0 Å². The predicted molar refractivity (Wildman–Crippen MR) is 62.8 cm³/mol. The molecule has 0 heterocycles. The minimum absolute atomic E-state index is 0.228. The molecule has 0 aromatic carbocycles. The second-order valence-corrected chi connectivity index (χ2v) is 4.41. The zero-order valence-electron chi connectivity index (χ0n) is 8.27. The molecule has 0 aromatic rings. The Balaban J connectivity index is 3.95. The zero-order chi connectivity index (χ0) is 9.45. The van der Waals surface area contributed by atoms with E-state index in [9.17, 15) is 5.11 Å². The first-order chi connectivity index (χ1) is 5.74. The number of rotatable bonds is 7. The Hall–Kier alpha value is 0.690. The molecule has 0 fully saturated rings. The molecule has 0 saturated carbocycles. The molecule has 0 aliphatic heterocycles. The van der Waals surface area contributed by atoms with E-state index in [0.717, 1.165) is 4.43 Å². The third-order valence-electron chi connectivity index (χ3n) is 2.46. The summed E-state index contributed by atoms with van der Waals surface area (Å²) < 4.78 is 1.09. The van der Waals surface area contributed by atoms with Gasteiger partial charge in [-0.05, 0) is 12.8 Å². The van der Waals surface area contributed by atoms with Crippen LogP contribution in [-0.2, 0) is 0 Å². The quantitative estimate of drug-likeness (QED) is 0.561. The van der Waals surface area contributed by atoms with E-state index in [0.29, 0.717) is 6.61 Å². The standard InChI is InChI=1S/C10H21IO/c1-3-5-7-10(8-11,9-12)6-4-2/h12H,3-9H2,1-2H3. The lowest BCUT2D eigenvalue weighted by Crippen LogP contribution is -2.27. The molecule has 0 amide bonds. The predicted octanol–water partition coefficient (Wildman–Crippen LogP) is 3.39. The van der Waals surface area contributed by atoms with Gasteiger partial charge in [0.15, 0.2) is 0 Å². The van der Waals surface area contributed by atoms with E-state index in [1.54, 1.807) is 0 Å². The van der Waals surface area contributed by atoms with Crippen LogP contribution in [0.25, 0.3) is 0 Å². The van der Waals surface area contributed by atoms with Crippen molar-refractivity contribution < 1.29 is 5.11 Å². The van der Waals surface area contributed by atoms with Crippen molar-refractivity contribution in [1.29, 1.82) is 0 Å². The Morgan fingerprint density at radius 3 is 2.17 bits per heavy atom. The third kappa shape index (κ3) is 4.08. The average Bonchev–Trinajstić information content (AvgIpc) is 2.13. The summed E-state index contributed by atoms with van der Waals surface area (Å²) in [5, 5.41) is 9.33. The molecule has 2 heteroatoms. The molecule has 0 aliphatic rings. The highest BCUT2D eigenvalue weighted by Gasteiger charge is 2.25. The van der Waals surface area contributed by atoms with E-state index in [1.807, 2.05) is 0 Å². The van der Waals surface area contributed by atoms with E-state index in [1.165, 1.54) is 32.1 Å². The van der Waals surface area contributed by atoms with Crippen molar-refractivity contribution in [3.05, 3.63) is 0 Å². The molecule has 0 rings (SSSR count). The van der Waals surface area contributed by atoms with Crippen LogP contribution in [0.15, 0.2) is 0 Å². The zero-order valence-corrected chi connectivity index (χ0v) is 10.4. The summed E-state index contributed by atoms with van der Waals surface area (Å²) in [5.41, 5.74) is 0.228. The lowest BCUT2D eigenvalue weighted by atomic mass is 9.82. The van der Waals surface area contributed by atoms with Crippen molar-refractivity contribution in [3.8, 4) is 0 Å². The van der Waals surface area contributed by atoms with Gasteiger partial charge in [0.2, 0.25) is 0 Å². The van der Waals surface area contributed by atoms with Crippen LogP contribution in [-0.4, -0.2) is 16.1 Å². The highest BCUT2D eigenvalue weighted by Crippen LogP contribution is 2.32. The van der Waals surface area contributed by atoms with Crippen LogP contribution >= 0.6 is 22.6 Å². The second kappa shape index (κ2) is 7.13. The van der Waals surface area contributed by atoms with Crippen molar-refractivity contribution in [2.45, 2.75) is 46.0 Å². The highest BCUT2D eigenvalue weighted by molar-refractivity contribution is 14.1. The fourth-order valence-corrected chi connectivity index (χ4v) is 2.55. The molecule has 1 N–H and O–H groups in total. The monoisotopic (exact) mass is 284 g/mol. The number of hydrogen-bond donors (Lipinski definition) is 1. The molecule has 1 atom stereocenters. The van der Waals surface area contributed by atoms with Crippen molar-refractivity contribution in [2.75, 3.05) is 11.0 Å². The van der Waals surface area contributed by atoms with E-state index < -0.39 is 0 Å². The molecule has 0 bridgehead atoms. The van der Waals surface area contributed by atoms with Gasteiger partial charge in [-0.15, -0.1) is 0 Å². The third-order valence-corrected chi connectivity index (χ3v) is 4.08. The van der Waals surface area contributed by atoms with E-state index in [2.05, 4.69) is 36.4 Å². The average molecular weight is 284 g/mol. The maximum Gasteiger partial charge on any atom is 0.0494 e.